The van der Waals surface area contributed by atoms with Crippen LogP contribution in [0.2, 0.25) is 0 Å². The van der Waals surface area contributed by atoms with Gasteiger partial charge in [-0.15, -0.1) is 0 Å². The maximum absolute atomic E-state index is 11.4. The van der Waals surface area contributed by atoms with E-state index in [0.29, 0.717) is 5.58 Å². The Kier molecular flexibility index (Phi) is 3.31. The zero-order valence-electron chi connectivity index (χ0n) is 10.4. The SMILES string of the molecule is CNCN(C)Cc1ccc2c(c1)oc(=O)n2C. The highest BCUT2D eigenvalue weighted by atomic mass is 16.4. The topological polar surface area (TPSA) is 50.4 Å². The van der Waals surface area contributed by atoms with E-state index < -0.39 is 0 Å². The van der Waals surface area contributed by atoms with Crippen molar-refractivity contribution in [2.75, 3.05) is 20.8 Å². The van der Waals surface area contributed by atoms with Crippen molar-refractivity contribution in [1.29, 1.82) is 0 Å². The molecule has 0 spiro atoms. The molecule has 0 unspecified atom stereocenters. The number of hydrogen-bond acceptors (Lipinski definition) is 4. The molecular formula is C12H17N3O2. The fourth-order valence-electron chi connectivity index (χ4n) is 1.91. The van der Waals surface area contributed by atoms with Gasteiger partial charge in [0.1, 0.15) is 0 Å². The van der Waals surface area contributed by atoms with Crippen LogP contribution >= 0.6 is 0 Å². The quantitative estimate of drug-likeness (QED) is 0.794. The molecule has 0 amide bonds. The number of benzene rings is 1. The first kappa shape index (κ1) is 11.9. The maximum Gasteiger partial charge on any atom is 0.419 e. The Morgan fingerprint density at radius 3 is 2.94 bits per heavy atom. The van der Waals surface area contributed by atoms with Crippen LogP contribution in [0.4, 0.5) is 0 Å². The second kappa shape index (κ2) is 4.73. The van der Waals surface area contributed by atoms with E-state index in [1.54, 1.807) is 7.05 Å². The van der Waals surface area contributed by atoms with Gasteiger partial charge in [-0.1, -0.05) is 6.07 Å². The Hall–Kier alpha value is -1.59. The van der Waals surface area contributed by atoms with Gasteiger partial charge in [0.25, 0.3) is 0 Å². The first-order chi connectivity index (χ1) is 8.11. The molecule has 0 saturated heterocycles. The van der Waals surface area contributed by atoms with E-state index in [2.05, 4.69) is 10.2 Å². The zero-order valence-corrected chi connectivity index (χ0v) is 10.4. The summed E-state index contributed by atoms with van der Waals surface area (Å²) in [5.41, 5.74) is 2.60. The number of nitrogens with zero attached hydrogens (tertiary/aromatic N) is 2. The molecule has 0 aliphatic heterocycles. The third kappa shape index (κ3) is 2.40. The van der Waals surface area contributed by atoms with Crippen molar-refractivity contribution in [2.24, 2.45) is 7.05 Å². The minimum Gasteiger partial charge on any atom is -0.408 e. The number of aryl methyl sites for hydroxylation is 1. The lowest BCUT2D eigenvalue weighted by Crippen LogP contribution is -2.27. The third-order valence-electron chi connectivity index (χ3n) is 2.74. The molecule has 1 heterocycles. The molecule has 1 aromatic carbocycles. The van der Waals surface area contributed by atoms with Crippen molar-refractivity contribution in [3.05, 3.63) is 34.3 Å². The molecule has 92 valence electrons. The predicted octanol–water partition coefficient (Wildman–Crippen LogP) is 0.740. The second-order valence-corrected chi connectivity index (χ2v) is 4.25. The summed E-state index contributed by atoms with van der Waals surface area (Å²) in [5.74, 6) is -0.319. The predicted molar refractivity (Wildman–Crippen MR) is 66.8 cm³/mol. The van der Waals surface area contributed by atoms with Gasteiger partial charge in [0.15, 0.2) is 5.58 Å². The van der Waals surface area contributed by atoms with E-state index in [1.165, 1.54) is 4.57 Å². The number of rotatable bonds is 4. The van der Waals surface area contributed by atoms with E-state index in [0.717, 1.165) is 24.3 Å². The van der Waals surface area contributed by atoms with E-state index in [-0.39, 0.29) is 5.76 Å². The molecular weight excluding hydrogens is 218 g/mol. The lowest BCUT2D eigenvalue weighted by Gasteiger charge is -2.15. The van der Waals surface area contributed by atoms with Gasteiger partial charge in [-0.3, -0.25) is 9.47 Å². The van der Waals surface area contributed by atoms with Gasteiger partial charge in [0.2, 0.25) is 0 Å². The molecule has 1 aromatic heterocycles. The molecule has 5 nitrogen and oxygen atoms in total. The summed E-state index contributed by atoms with van der Waals surface area (Å²) < 4.78 is 6.66. The van der Waals surface area contributed by atoms with Crippen LogP contribution in [-0.4, -0.2) is 30.2 Å². The lowest BCUT2D eigenvalue weighted by molar-refractivity contribution is 0.310. The van der Waals surface area contributed by atoms with Crippen molar-refractivity contribution in [2.45, 2.75) is 6.54 Å². The monoisotopic (exact) mass is 235 g/mol. The summed E-state index contributed by atoms with van der Waals surface area (Å²) in [4.78, 5) is 13.5. The van der Waals surface area contributed by atoms with Gasteiger partial charge in [0, 0.05) is 20.3 Å². The largest absolute Gasteiger partial charge is 0.419 e. The summed E-state index contributed by atoms with van der Waals surface area (Å²) in [7, 11) is 5.65. The van der Waals surface area contributed by atoms with Gasteiger partial charge in [0.05, 0.1) is 5.52 Å². The van der Waals surface area contributed by atoms with Crippen LogP contribution in [0, 0.1) is 0 Å². The molecule has 2 rings (SSSR count). The molecule has 1 N–H and O–H groups in total. The van der Waals surface area contributed by atoms with E-state index in [4.69, 9.17) is 4.42 Å². The third-order valence-corrected chi connectivity index (χ3v) is 2.74. The van der Waals surface area contributed by atoms with E-state index in [9.17, 15) is 4.79 Å². The van der Waals surface area contributed by atoms with Gasteiger partial charge in [-0.05, 0) is 31.8 Å². The van der Waals surface area contributed by atoms with Crippen LogP contribution in [0.15, 0.2) is 27.4 Å². The average Bonchev–Trinajstić information content (AvgIpc) is 2.55. The minimum absolute atomic E-state index is 0.319. The molecule has 0 saturated carbocycles. The number of oxazole rings is 1. The first-order valence-electron chi connectivity index (χ1n) is 5.53. The molecule has 2 aromatic rings. The highest BCUT2D eigenvalue weighted by Crippen LogP contribution is 2.15. The second-order valence-electron chi connectivity index (χ2n) is 4.25. The molecule has 5 heteroatoms. The number of nitrogens with one attached hydrogen (secondary N) is 1. The molecule has 0 fully saturated rings. The number of hydrogen-bond donors (Lipinski definition) is 1. The Morgan fingerprint density at radius 2 is 2.24 bits per heavy atom. The number of aromatic nitrogens is 1. The Labute approximate surface area is 99.6 Å². The summed E-state index contributed by atoms with van der Waals surface area (Å²) in [6, 6.07) is 5.86. The van der Waals surface area contributed by atoms with Crippen molar-refractivity contribution < 1.29 is 4.42 Å². The minimum atomic E-state index is -0.319. The van der Waals surface area contributed by atoms with Crippen LogP contribution in [0.3, 0.4) is 0 Å². The van der Waals surface area contributed by atoms with Gasteiger partial charge >= 0.3 is 5.76 Å². The van der Waals surface area contributed by atoms with Crippen LogP contribution in [0.25, 0.3) is 11.1 Å². The molecule has 0 bridgehead atoms. The number of fused-ring (bicyclic) bond motifs is 1. The first-order valence-corrected chi connectivity index (χ1v) is 5.53. The van der Waals surface area contributed by atoms with Crippen molar-refractivity contribution in [1.82, 2.24) is 14.8 Å². The Balaban J connectivity index is 2.29. The van der Waals surface area contributed by atoms with Crippen molar-refractivity contribution in [3.63, 3.8) is 0 Å². The summed E-state index contributed by atoms with van der Waals surface area (Å²) in [5, 5.41) is 3.09. The van der Waals surface area contributed by atoms with Crippen LogP contribution in [0.5, 0.6) is 0 Å². The fraction of sp³-hybridized carbons (Fsp3) is 0.417. The summed E-state index contributed by atoms with van der Waals surface area (Å²) in [6.45, 7) is 1.63. The highest BCUT2D eigenvalue weighted by Gasteiger charge is 2.07. The highest BCUT2D eigenvalue weighted by molar-refractivity contribution is 5.73. The summed E-state index contributed by atoms with van der Waals surface area (Å²) in [6.07, 6.45) is 0. The Bertz CT molecular complexity index is 571. The van der Waals surface area contributed by atoms with Crippen LogP contribution in [-0.2, 0) is 13.6 Å². The summed E-state index contributed by atoms with van der Waals surface area (Å²) >= 11 is 0. The van der Waals surface area contributed by atoms with E-state index >= 15 is 0 Å². The van der Waals surface area contributed by atoms with Gasteiger partial charge in [-0.25, -0.2) is 4.79 Å². The van der Waals surface area contributed by atoms with E-state index in [1.807, 2.05) is 32.3 Å². The molecule has 0 aliphatic rings. The van der Waals surface area contributed by atoms with Gasteiger partial charge < -0.3 is 9.73 Å². The molecule has 0 aliphatic carbocycles. The van der Waals surface area contributed by atoms with Crippen LogP contribution in [0.1, 0.15) is 5.56 Å². The van der Waals surface area contributed by atoms with Gasteiger partial charge in [-0.2, -0.15) is 0 Å². The fourth-order valence-corrected chi connectivity index (χ4v) is 1.91. The molecule has 17 heavy (non-hydrogen) atoms. The smallest absolute Gasteiger partial charge is 0.408 e. The van der Waals surface area contributed by atoms with Crippen LogP contribution < -0.4 is 11.1 Å². The normalized spacial score (nSPS) is 11.5. The maximum atomic E-state index is 11.4. The Morgan fingerprint density at radius 1 is 1.47 bits per heavy atom. The molecule has 0 atom stereocenters. The molecule has 0 radical (unpaired) electrons. The van der Waals surface area contributed by atoms with Crippen molar-refractivity contribution in [3.8, 4) is 0 Å². The lowest BCUT2D eigenvalue weighted by atomic mass is 10.2. The van der Waals surface area contributed by atoms with Crippen molar-refractivity contribution >= 4 is 11.1 Å². The standard InChI is InChI=1S/C12H17N3O2/c1-13-8-14(2)7-9-4-5-10-11(6-9)17-12(16)15(10)3/h4-6,13H,7-8H2,1-3H3. The average molecular weight is 235 g/mol. The zero-order chi connectivity index (χ0) is 12.4.